The first kappa shape index (κ1) is 14.1. The summed E-state index contributed by atoms with van der Waals surface area (Å²) in [4.78, 5) is 15.5. The fourth-order valence-electron chi connectivity index (χ4n) is 1.23. The first-order chi connectivity index (χ1) is 8.77. The predicted octanol–water partition coefficient (Wildman–Crippen LogP) is 0.0821. The lowest BCUT2D eigenvalue weighted by Crippen LogP contribution is -2.26. The molecular formula is C12H15N3O3. The van der Waals surface area contributed by atoms with Crippen molar-refractivity contribution in [2.75, 3.05) is 26.4 Å². The standard InChI is InChI=1S/C12H15N3O3/c13-8-10-2-3-11(15-9-10)12(17)14-4-1-6-18-7-5-16/h2-3,9,16H,1,4-7H2,(H,14,17). The Morgan fingerprint density at radius 1 is 1.50 bits per heavy atom. The van der Waals surface area contributed by atoms with E-state index in [1.165, 1.54) is 12.3 Å². The molecular weight excluding hydrogens is 234 g/mol. The summed E-state index contributed by atoms with van der Waals surface area (Å²) in [5.41, 5.74) is 0.703. The van der Waals surface area contributed by atoms with Gasteiger partial charge in [-0.15, -0.1) is 0 Å². The van der Waals surface area contributed by atoms with Crippen molar-refractivity contribution in [1.29, 1.82) is 5.26 Å². The minimum Gasteiger partial charge on any atom is -0.394 e. The number of hydrogen-bond acceptors (Lipinski definition) is 5. The van der Waals surface area contributed by atoms with Crippen LogP contribution in [-0.4, -0.2) is 42.4 Å². The third-order valence-corrected chi connectivity index (χ3v) is 2.11. The average Bonchev–Trinajstić information content (AvgIpc) is 2.42. The van der Waals surface area contributed by atoms with E-state index in [0.29, 0.717) is 31.7 Å². The number of aromatic nitrogens is 1. The number of rotatable bonds is 7. The van der Waals surface area contributed by atoms with E-state index in [1.807, 2.05) is 6.07 Å². The van der Waals surface area contributed by atoms with Crippen LogP contribution >= 0.6 is 0 Å². The van der Waals surface area contributed by atoms with Crippen LogP contribution in [0.3, 0.4) is 0 Å². The summed E-state index contributed by atoms with van der Waals surface area (Å²) in [6.07, 6.45) is 2.03. The Hall–Kier alpha value is -1.97. The van der Waals surface area contributed by atoms with Crippen molar-refractivity contribution in [1.82, 2.24) is 10.3 Å². The molecule has 0 unspecified atom stereocenters. The summed E-state index contributed by atoms with van der Waals surface area (Å²) in [6.45, 7) is 1.28. The van der Waals surface area contributed by atoms with E-state index in [2.05, 4.69) is 10.3 Å². The first-order valence-corrected chi connectivity index (χ1v) is 5.61. The van der Waals surface area contributed by atoms with Crippen LogP contribution in [0.4, 0.5) is 0 Å². The zero-order chi connectivity index (χ0) is 13.2. The van der Waals surface area contributed by atoms with Crippen LogP contribution in [0.25, 0.3) is 0 Å². The van der Waals surface area contributed by atoms with Crippen LogP contribution in [0.2, 0.25) is 0 Å². The molecule has 0 atom stereocenters. The summed E-state index contributed by atoms with van der Waals surface area (Å²) in [6, 6.07) is 4.99. The van der Waals surface area contributed by atoms with Gasteiger partial charge in [0.25, 0.3) is 5.91 Å². The number of pyridine rings is 1. The highest BCUT2D eigenvalue weighted by molar-refractivity contribution is 5.92. The Morgan fingerprint density at radius 3 is 2.94 bits per heavy atom. The molecule has 0 spiro atoms. The quantitative estimate of drug-likeness (QED) is 0.667. The number of carbonyl (C=O) groups is 1. The molecule has 0 aromatic carbocycles. The number of nitrogens with zero attached hydrogens (tertiary/aromatic N) is 2. The first-order valence-electron chi connectivity index (χ1n) is 5.61. The topological polar surface area (TPSA) is 95.2 Å². The molecule has 0 saturated heterocycles. The predicted molar refractivity (Wildman–Crippen MR) is 63.8 cm³/mol. The Labute approximate surface area is 105 Å². The van der Waals surface area contributed by atoms with Gasteiger partial charge in [0.2, 0.25) is 0 Å². The summed E-state index contributed by atoms with van der Waals surface area (Å²) >= 11 is 0. The lowest BCUT2D eigenvalue weighted by atomic mass is 10.2. The second-order valence-electron chi connectivity index (χ2n) is 3.49. The highest BCUT2D eigenvalue weighted by atomic mass is 16.5. The van der Waals surface area contributed by atoms with Crippen molar-refractivity contribution in [2.45, 2.75) is 6.42 Å². The Bertz CT molecular complexity index is 412. The number of nitriles is 1. The molecule has 0 aliphatic rings. The maximum Gasteiger partial charge on any atom is 0.269 e. The van der Waals surface area contributed by atoms with Crippen LogP contribution in [0.15, 0.2) is 18.3 Å². The maximum atomic E-state index is 11.6. The molecule has 0 aliphatic carbocycles. The molecule has 1 aromatic heterocycles. The van der Waals surface area contributed by atoms with Crippen LogP contribution < -0.4 is 5.32 Å². The third kappa shape index (κ3) is 4.91. The molecule has 1 aromatic rings. The van der Waals surface area contributed by atoms with Gasteiger partial charge >= 0.3 is 0 Å². The van der Waals surface area contributed by atoms with E-state index in [9.17, 15) is 4.79 Å². The molecule has 2 N–H and O–H groups in total. The largest absolute Gasteiger partial charge is 0.394 e. The van der Waals surface area contributed by atoms with Gasteiger partial charge in [-0.3, -0.25) is 4.79 Å². The van der Waals surface area contributed by atoms with Gasteiger partial charge in [-0.05, 0) is 18.6 Å². The van der Waals surface area contributed by atoms with Gasteiger partial charge in [-0.2, -0.15) is 5.26 Å². The minimum atomic E-state index is -0.276. The number of aliphatic hydroxyl groups excluding tert-OH is 1. The molecule has 1 amide bonds. The fourth-order valence-corrected chi connectivity index (χ4v) is 1.23. The van der Waals surface area contributed by atoms with E-state index in [-0.39, 0.29) is 18.2 Å². The average molecular weight is 249 g/mol. The maximum absolute atomic E-state index is 11.6. The summed E-state index contributed by atoms with van der Waals surface area (Å²) in [5, 5.41) is 19.8. The zero-order valence-corrected chi connectivity index (χ0v) is 9.93. The van der Waals surface area contributed by atoms with Gasteiger partial charge in [0.1, 0.15) is 11.8 Å². The van der Waals surface area contributed by atoms with Gasteiger partial charge in [0, 0.05) is 19.3 Å². The second kappa shape index (κ2) is 8.17. The SMILES string of the molecule is N#Cc1ccc(C(=O)NCCCOCCO)nc1. The van der Waals surface area contributed by atoms with E-state index in [4.69, 9.17) is 15.1 Å². The minimum absolute atomic E-state index is 0.00151. The van der Waals surface area contributed by atoms with Crippen LogP contribution in [0.1, 0.15) is 22.5 Å². The van der Waals surface area contributed by atoms with Crippen molar-refractivity contribution in [3.8, 4) is 6.07 Å². The molecule has 1 heterocycles. The molecule has 96 valence electrons. The number of aliphatic hydroxyl groups is 1. The molecule has 6 heteroatoms. The van der Waals surface area contributed by atoms with Gasteiger partial charge in [0.05, 0.1) is 18.8 Å². The normalized spacial score (nSPS) is 9.78. The highest BCUT2D eigenvalue weighted by Gasteiger charge is 2.05. The molecule has 0 saturated carbocycles. The van der Waals surface area contributed by atoms with Crippen molar-refractivity contribution in [3.63, 3.8) is 0 Å². The van der Waals surface area contributed by atoms with Gasteiger partial charge in [0.15, 0.2) is 0 Å². The number of hydrogen-bond donors (Lipinski definition) is 2. The summed E-state index contributed by atoms with van der Waals surface area (Å²) in [7, 11) is 0. The number of carbonyl (C=O) groups excluding carboxylic acids is 1. The van der Waals surface area contributed by atoms with Crippen molar-refractivity contribution in [3.05, 3.63) is 29.6 Å². The van der Waals surface area contributed by atoms with Crippen LogP contribution in [0, 0.1) is 11.3 Å². The molecule has 6 nitrogen and oxygen atoms in total. The summed E-state index contributed by atoms with van der Waals surface area (Å²) in [5.74, 6) is -0.276. The third-order valence-electron chi connectivity index (χ3n) is 2.11. The Balaban J connectivity index is 2.26. The molecule has 18 heavy (non-hydrogen) atoms. The van der Waals surface area contributed by atoms with Crippen LogP contribution in [-0.2, 0) is 4.74 Å². The monoisotopic (exact) mass is 249 g/mol. The number of ether oxygens (including phenoxy) is 1. The van der Waals surface area contributed by atoms with E-state index in [0.717, 1.165) is 0 Å². The van der Waals surface area contributed by atoms with Crippen molar-refractivity contribution in [2.24, 2.45) is 0 Å². The molecule has 0 aliphatic heterocycles. The van der Waals surface area contributed by atoms with Crippen molar-refractivity contribution >= 4 is 5.91 Å². The summed E-state index contributed by atoms with van der Waals surface area (Å²) < 4.78 is 5.05. The van der Waals surface area contributed by atoms with Crippen LogP contribution in [0.5, 0.6) is 0 Å². The molecule has 0 bridgehead atoms. The smallest absolute Gasteiger partial charge is 0.269 e. The van der Waals surface area contributed by atoms with E-state index < -0.39 is 0 Å². The number of nitrogens with one attached hydrogen (secondary N) is 1. The van der Waals surface area contributed by atoms with E-state index >= 15 is 0 Å². The molecule has 0 radical (unpaired) electrons. The highest BCUT2D eigenvalue weighted by Crippen LogP contribution is 1.98. The lowest BCUT2D eigenvalue weighted by Gasteiger charge is -2.05. The fraction of sp³-hybridized carbons (Fsp3) is 0.417. The number of amides is 1. The molecule has 0 fully saturated rings. The second-order valence-corrected chi connectivity index (χ2v) is 3.49. The lowest BCUT2D eigenvalue weighted by molar-refractivity contribution is 0.0865. The van der Waals surface area contributed by atoms with Crippen molar-refractivity contribution < 1.29 is 14.6 Å². The van der Waals surface area contributed by atoms with Gasteiger partial charge in [-0.25, -0.2) is 4.98 Å². The van der Waals surface area contributed by atoms with Gasteiger partial charge < -0.3 is 15.2 Å². The van der Waals surface area contributed by atoms with E-state index in [1.54, 1.807) is 6.07 Å². The Morgan fingerprint density at radius 2 is 2.33 bits per heavy atom. The molecule has 1 rings (SSSR count). The zero-order valence-electron chi connectivity index (χ0n) is 9.93. The van der Waals surface area contributed by atoms with Gasteiger partial charge in [-0.1, -0.05) is 0 Å². The Kier molecular flexibility index (Phi) is 6.40.